The Morgan fingerprint density at radius 3 is 2.47 bits per heavy atom. The summed E-state index contributed by atoms with van der Waals surface area (Å²) in [6, 6.07) is 6.53. The molecule has 0 unspecified atom stereocenters. The molecule has 0 heterocycles. The summed E-state index contributed by atoms with van der Waals surface area (Å²) in [4.78, 5) is 22.4. The summed E-state index contributed by atoms with van der Waals surface area (Å²) >= 11 is 0. The van der Waals surface area contributed by atoms with Gasteiger partial charge in [-0.15, -0.1) is 0 Å². The standard InChI is InChI=1S/C14H16O5/c1-10(2)19-14(17)8-7-13(16)18-9-11-5-3-4-6-12(11)15/h3-8,10,15H,9H2,1-2H3/b8-7+. The van der Waals surface area contributed by atoms with Gasteiger partial charge in [0.2, 0.25) is 0 Å². The molecule has 19 heavy (non-hydrogen) atoms. The summed E-state index contributed by atoms with van der Waals surface area (Å²) in [7, 11) is 0. The second-order valence-electron chi connectivity index (χ2n) is 4.06. The second kappa shape index (κ2) is 7.20. The van der Waals surface area contributed by atoms with Gasteiger partial charge in [0.25, 0.3) is 0 Å². The van der Waals surface area contributed by atoms with Crippen LogP contribution in [0.15, 0.2) is 36.4 Å². The molecule has 102 valence electrons. The van der Waals surface area contributed by atoms with Crippen LogP contribution >= 0.6 is 0 Å². The first kappa shape index (κ1) is 14.8. The Labute approximate surface area is 111 Å². The number of carbonyl (C=O) groups excluding carboxylic acids is 2. The van der Waals surface area contributed by atoms with Crippen LogP contribution in [0, 0.1) is 0 Å². The fraction of sp³-hybridized carbons (Fsp3) is 0.286. The van der Waals surface area contributed by atoms with E-state index in [2.05, 4.69) is 0 Å². The Morgan fingerprint density at radius 2 is 1.84 bits per heavy atom. The molecule has 1 N–H and O–H groups in total. The van der Waals surface area contributed by atoms with E-state index in [-0.39, 0.29) is 18.5 Å². The van der Waals surface area contributed by atoms with Crippen molar-refractivity contribution >= 4 is 11.9 Å². The van der Waals surface area contributed by atoms with Crippen LogP contribution in [0.3, 0.4) is 0 Å². The lowest BCUT2D eigenvalue weighted by atomic mass is 10.2. The molecule has 0 aliphatic carbocycles. The molecule has 5 nitrogen and oxygen atoms in total. The predicted octanol–water partition coefficient (Wildman–Crippen LogP) is 1.94. The average molecular weight is 264 g/mol. The van der Waals surface area contributed by atoms with Gasteiger partial charge in [-0.3, -0.25) is 0 Å². The Kier molecular flexibility index (Phi) is 5.60. The van der Waals surface area contributed by atoms with E-state index in [1.807, 2.05) is 0 Å². The average Bonchev–Trinajstić information content (AvgIpc) is 2.34. The number of aromatic hydroxyl groups is 1. The molecule has 0 aliphatic rings. The van der Waals surface area contributed by atoms with Crippen LogP contribution in [0.2, 0.25) is 0 Å². The lowest BCUT2D eigenvalue weighted by Crippen LogP contribution is -2.09. The molecule has 1 aromatic carbocycles. The van der Waals surface area contributed by atoms with Crippen LogP contribution in [0.1, 0.15) is 19.4 Å². The highest BCUT2D eigenvalue weighted by Crippen LogP contribution is 2.16. The van der Waals surface area contributed by atoms with Gasteiger partial charge in [-0.05, 0) is 19.9 Å². The third-order valence-electron chi connectivity index (χ3n) is 2.07. The Hall–Kier alpha value is -2.30. The number of para-hydroxylation sites is 1. The Bertz CT molecular complexity index is 476. The highest BCUT2D eigenvalue weighted by Gasteiger charge is 2.05. The van der Waals surface area contributed by atoms with Crippen molar-refractivity contribution in [1.29, 1.82) is 0 Å². The maximum absolute atomic E-state index is 11.3. The molecule has 0 spiro atoms. The molecule has 0 bridgehead atoms. The third kappa shape index (κ3) is 5.72. The number of hydrogen-bond donors (Lipinski definition) is 1. The van der Waals surface area contributed by atoms with Crippen LogP contribution in [0.4, 0.5) is 0 Å². The molecule has 0 fully saturated rings. The summed E-state index contributed by atoms with van der Waals surface area (Å²) < 4.78 is 9.68. The van der Waals surface area contributed by atoms with E-state index in [0.717, 1.165) is 12.2 Å². The largest absolute Gasteiger partial charge is 0.508 e. The Balaban J connectivity index is 2.42. The summed E-state index contributed by atoms with van der Waals surface area (Å²) in [5.74, 6) is -1.23. The van der Waals surface area contributed by atoms with Crippen LogP contribution in [0.25, 0.3) is 0 Å². The zero-order valence-corrected chi connectivity index (χ0v) is 10.8. The number of esters is 2. The van der Waals surface area contributed by atoms with Crippen molar-refractivity contribution in [3.05, 3.63) is 42.0 Å². The molecular weight excluding hydrogens is 248 g/mol. The van der Waals surface area contributed by atoms with Crippen LogP contribution < -0.4 is 0 Å². The fourth-order valence-corrected chi connectivity index (χ4v) is 1.24. The minimum absolute atomic E-state index is 0.0542. The number of rotatable bonds is 5. The number of carbonyl (C=O) groups is 2. The van der Waals surface area contributed by atoms with Crippen molar-refractivity contribution in [1.82, 2.24) is 0 Å². The van der Waals surface area contributed by atoms with E-state index in [1.54, 1.807) is 32.0 Å². The van der Waals surface area contributed by atoms with Gasteiger partial charge in [-0.25, -0.2) is 9.59 Å². The monoisotopic (exact) mass is 264 g/mol. The lowest BCUT2D eigenvalue weighted by Gasteiger charge is -2.05. The predicted molar refractivity (Wildman–Crippen MR) is 68.3 cm³/mol. The van der Waals surface area contributed by atoms with E-state index < -0.39 is 11.9 Å². The minimum atomic E-state index is -0.677. The number of phenolic OH excluding ortho intramolecular Hbond substituents is 1. The van der Waals surface area contributed by atoms with Gasteiger partial charge in [0.1, 0.15) is 12.4 Å². The van der Waals surface area contributed by atoms with Crippen LogP contribution in [-0.2, 0) is 25.7 Å². The van der Waals surface area contributed by atoms with E-state index in [1.165, 1.54) is 6.07 Å². The molecule has 0 saturated carbocycles. The summed E-state index contributed by atoms with van der Waals surface area (Å²) in [5.41, 5.74) is 0.494. The second-order valence-corrected chi connectivity index (χ2v) is 4.06. The molecule has 0 radical (unpaired) electrons. The number of phenols is 1. The number of benzene rings is 1. The van der Waals surface area contributed by atoms with Gasteiger partial charge in [0, 0.05) is 17.7 Å². The molecule has 1 aromatic rings. The summed E-state index contributed by atoms with van der Waals surface area (Å²) in [6.45, 7) is 3.36. The van der Waals surface area contributed by atoms with Crippen molar-refractivity contribution < 1.29 is 24.2 Å². The zero-order valence-electron chi connectivity index (χ0n) is 10.8. The summed E-state index contributed by atoms with van der Waals surface area (Å²) in [6.07, 6.45) is 1.76. The van der Waals surface area contributed by atoms with Gasteiger partial charge >= 0.3 is 11.9 Å². The summed E-state index contributed by atoms with van der Waals surface area (Å²) in [5, 5.41) is 9.46. The van der Waals surface area contributed by atoms with Crippen molar-refractivity contribution in [2.45, 2.75) is 26.6 Å². The van der Waals surface area contributed by atoms with E-state index in [4.69, 9.17) is 9.47 Å². The van der Waals surface area contributed by atoms with Crippen molar-refractivity contribution in [2.75, 3.05) is 0 Å². The number of ether oxygens (including phenoxy) is 2. The third-order valence-corrected chi connectivity index (χ3v) is 2.07. The van der Waals surface area contributed by atoms with Gasteiger partial charge in [0.05, 0.1) is 6.10 Å². The molecule has 0 saturated heterocycles. The fourth-order valence-electron chi connectivity index (χ4n) is 1.24. The van der Waals surface area contributed by atoms with Crippen LogP contribution in [-0.4, -0.2) is 23.1 Å². The molecule has 1 rings (SSSR count). The SMILES string of the molecule is CC(C)OC(=O)/C=C/C(=O)OCc1ccccc1O. The van der Waals surface area contributed by atoms with Crippen LogP contribution in [0.5, 0.6) is 5.75 Å². The topological polar surface area (TPSA) is 72.8 Å². The van der Waals surface area contributed by atoms with Gasteiger partial charge < -0.3 is 14.6 Å². The highest BCUT2D eigenvalue weighted by molar-refractivity contribution is 5.91. The van der Waals surface area contributed by atoms with Crippen molar-refractivity contribution in [2.24, 2.45) is 0 Å². The zero-order chi connectivity index (χ0) is 14.3. The first-order chi connectivity index (χ1) is 8.99. The van der Waals surface area contributed by atoms with Gasteiger partial charge in [-0.1, -0.05) is 18.2 Å². The lowest BCUT2D eigenvalue weighted by molar-refractivity contribution is -0.143. The van der Waals surface area contributed by atoms with E-state index in [0.29, 0.717) is 5.56 Å². The van der Waals surface area contributed by atoms with Crippen molar-refractivity contribution in [3.63, 3.8) is 0 Å². The Morgan fingerprint density at radius 1 is 1.21 bits per heavy atom. The van der Waals surface area contributed by atoms with Crippen molar-refractivity contribution in [3.8, 4) is 5.75 Å². The maximum atomic E-state index is 11.3. The quantitative estimate of drug-likeness (QED) is 0.650. The minimum Gasteiger partial charge on any atom is -0.508 e. The van der Waals surface area contributed by atoms with Gasteiger partial charge in [-0.2, -0.15) is 0 Å². The first-order valence-corrected chi connectivity index (χ1v) is 5.81. The maximum Gasteiger partial charge on any atom is 0.331 e. The van der Waals surface area contributed by atoms with E-state index >= 15 is 0 Å². The smallest absolute Gasteiger partial charge is 0.331 e. The van der Waals surface area contributed by atoms with E-state index in [9.17, 15) is 14.7 Å². The molecular formula is C14H16O5. The number of hydrogen-bond acceptors (Lipinski definition) is 5. The van der Waals surface area contributed by atoms with Gasteiger partial charge in [0.15, 0.2) is 0 Å². The normalized spacial score (nSPS) is 10.7. The highest BCUT2D eigenvalue weighted by atomic mass is 16.5. The molecule has 0 aliphatic heterocycles. The molecule has 0 atom stereocenters. The first-order valence-electron chi connectivity index (χ1n) is 5.81. The molecule has 0 amide bonds. The molecule has 0 aromatic heterocycles. The molecule has 5 heteroatoms.